The fourth-order valence-electron chi connectivity index (χ4n) is 4.65. The molecule has 3 aromatic rings. The number of thiazole rings is 1. The molecule has 0 saturated heterocycles. The minimum absolute atomic E-state index is 0.0775. The van der Waals surface area contributed by atoms with Gasteiger partial charge in [-0.25, -0.2) is 16.8 Å². The van der Waals surface area contributed by atoms with E-state index in [0.29, 0.717) is 23.1 Å². The number of aromatic nitrogens is 1. The molecule has 0 fully saturated rings. The number of hydrogen-bond donors (Lipinski definition) is 0. The molecule has 0 aliphatic carbocycles. The second-order valence-electron chi connectivity index (χ2n) is 9.15. The summed E-state index contributed by atoms with van der Waals surface area (Å²) in [7, 11) is -8.76. The summed E-state index contributed by atoms with van der Waals surface area (Å²) < 4.78 is 70.1. The first-order valence-electron chi connectivity index (χ1n) is 12.5. The Morgan fingerprint density at radius 1 is 1.02 bits per heavy atom. The first-order valence-corrected chi connectivity index (χ1v) is 17.2. The molecular formula is C26H25Cl2N4O6S3-. The number of anilines is 2. The maximum atomic E-state index is 11.3. The molecule has 0 bridgehead atoms. The van der Waals surface area contributed by atoms with Crippen molar-refractivity contribution in [3.63, 3.8) is 0 Å². The van der Waals surface area contributed by atoms with Crippen molar-refractivity contribution in [2.45, 2.75) is 26.3 Å². The fraction of sp³-hybridized carbons (Fsp3) is 0.308. The highest BCUT2D eigenvalue weighted by atomic mass is 35.5. The van der Waals surface area contributed by atoms with E-state index in [1.54, 1.807) is 30.3 Å². The number of nitrogens with zero attached hydrogens (tertiary/aromatic N) is 4. The topological polar surface area (TPSA) is 149 Å². The summed E-state index contributed by atoms with van der Waals surface area (Å²) in [5.74, 6) is -0.326. The Morgan fingerprint density at radius 3 is 2.37 bits per heavy atom. The zero-order valence-electron chi connectivity index (χ0n) is 21.8. The molecule has 4 rings (SSSR count). The summed E-state index contributed by atoms with van der Waals surface area (Å²) in [6.45, 7) is 2.97. The van der Waals surface area contributed by atoms with E-state index in [9.17, 15) is 31.2 Å². The summed E-state index contributed by atoms with van der Waals surface area (Å²) >= 11 is 14.0. The lowest BCUT2D eigenvalue weighted by Crippen LogP contribution is -2.36. The number of nitriles is 1. The van der Waals surface area contributed by atoms with Crippen LogP contribution in [0.1, 0.15) is 30.3 Å². The van der Waals surface area contributed by atoms with Crippen LogP contribution < -0.4 is 14.4 Å². The number of aryl methyl sites for hydroxylation is 1. The highest BCUT2D eigenvalue weighted by Crippen LogP contribution is 2.44. The van der Waals surface area contributed by atoms with Gasteiger partial charge in [-0.15, -0.1) is 0 Å². The van der Waals surface area contributed by atoms with Crippen molar-refractivity contribution >= 4 is 82.4 Å². The molecule has 1 aliphatic rings. The monoisotopic (exact) mass is 655 g/mol. The molecular weight excluding hydrogens is 631 g/mol. The van der Waals surface area contributed by atoms with Gasteiger partial charge in [0.05, 0.1) is 42.2 Å². The normalized spacial score (nSPS) is 14.9. The molecule has 218 valence electrons. The van der Waals surface area contributed by atoms with Gasteiger partial charge in [0.2, 0.25) is 5.52 Å². The molecule has 1 aromatic heterocycles. The molecule has 0 spiro atoms. The minimum Gasteiger partial charge on any atom is -0.748 e. The first kappa shape index (κ1) is 31.2. The lowest BCUT2D eigenvalue weighted by molar-refractivity contribution is -0.668. The number of hydrogen-bond acceptors (Lipinski definition) is 10. The van der Waals surface area contributed by atoms with Crippen molar-refractivity contribution in [3.05, 3.63) is 68.9 Å². The van der Waals surface area contributed by atoms with E-state index in [0.717, 1.165) is 20.9 Å². The largest absolute Gasteiger partial charge is 0.748 e. The van der Waals surface area contributed by atoms with E-state index in [2.05, 4.69) is 6.07 Å². The molecule has 0 amide bonds. The third kappa shape index (κ3) is 7.58. The van der Waals surface area contributed by atoms with E-state index in [1.807, 2.05) is 39.5 Å². The van der Waals surface area contributed by atoms with E-state index >= 15 is 0 Å². The van der Waals surface area contributed by atoms with Gasteiger partial charge < -0.3 is 18.9 Å². The Labute approximate surface area is 252 Å². The van der Waals surface area contributed by atoms with Gasteiger partial charge in [-0.2, -0.15) is 9.83 Å². The number of benzene rings is 2. The number of halogens is 2. The van der Waals surface area contributed by atoms with Gasteiger partial charge in [-0.1, -0.05) is 40.6 Å². The Hall–Kier alpha value is -2.70. The molecule has 15 heteroatoms. The summed E-state index contributed by atoms with van der Waals surface area (Å²) in [5.41, 5.74) is 2.48. The predicted octanol–water partition coefficient (Wildman–Crippen LogP) is 4.44. The third-order valence-corrected chi connectivity index (χ3v) is 9.62. The lowest BCUT2D eigenvalue weighted by Gasteiger charge is -2.24. The minimum atomic E-state index is -4.41. The lowest BCUT2D eigenvalue weighted by atomic mass is 10.1. The summed E-state index contributed by atoms with van der Waals surface area (Å²) in [5, 5.41) is 11.1. The molecule has 0 saturated carbocycles. The van der Waals surface area contributed by atoms with Gasteiger partial charge in [-0.05, 0) is 43.7 Å². The average molecular weight is 657 g/mol. The zero-order valence-corrected chi connectivity index (χ0v) is 25.7. The maximum absolute atomic E-state index is 11.3. The van der Waals surface area contributed by atoms with Crippen LogP contribution in [0.3, 0.4) is 0 Å². The Balaban J connectivity index is 1.73. The van der Waals surface area contributed by atoms with Gasteiger partial charge in [0.25, 0.3) is 5.01 Å². The van der Waals surface area contributed by atoms with Crippen LogP contribution in [0.4, 0.5) is 11.4 Å². The molecule has 0 atom stereocenters. The summed E-state index contributed by atoms with van der Waals surface area (Å²) in [6.07, 6.45) is 5.70. The van der Waals surface area contributed by atoms with Crippen LogP contribution in [0.2, 0.25) is 10.0 Å². The summed E-state index contributed by atoms with van der Waals surface area (Å²) in [4.78, 5) is 3.82. The quantitative estimate of drug-likeness (QED) is 0.216. The number of fused-ring (bicyclic) bond motifs is 2. The van der Waals surface area contributed by atoms with Crippen LogP contribution in [-0.4, -0.2) is 50.5 Å². The molecule has 41 heavy (non-hydrogen) atoms. The Bertz CT molecular complexity index is 1800. The van der Waals surface area contributed by atoms with Gasteiger partial charge in [0.15, 0.2) is 6.54 Å². The van der Waals surface area contributed by atoms with E-state index in [1.165, 1.54) is 11.3 Å². The average Bonchev–Trinajstić information content (AvgIpc) is 3.36. The van der Waals surface area contributed by atoms with Crippen molar-refractivity contribution in [3.8, 4) is 6.07 Å². The van der Waals surface area contributed by atoms with Crippen LogP contribution in [0, 0.1) is 11.3 Å². The zero-order chi connectivity index (χ0) is 29.9. The molecule has 0 radical (unpaired) electrons. The summed E-state index contributed by atoms with van der Waals surface area (Å²) in [6, 6.07) is 10.8. The highest BCUT2D eigenvalue weighted by molar-refractivity contribution is 7.85. The van der Waals surface area contributed by atoms with Gasteiger partial charge in [0, 0.05) is 48.2 Å². The van der Waals surface area contributed by atoms with Crippen LogP contribution in [-0.2, 0) is 26.8 Å². The van der Waals surface area contributed by atoms with E-state index < -0.39 is 31.7 Å². The van der Waals surface area contributed by atoms with Gasteiger partial charge in [-0.3, -0.25) is 0 Å². The molecule has 1 aliphatic heterocycles. The van der Waals surface area contributed by atoms with Crippen LogP contribution >= 0.6 is 34.5 Å². The number of allylic oxidation sites excluding steroid dienone is 2. The van der Waals surface area contributed by atoms with Crippen LogP contribution in [0.15, 0.2) is 48.3 Å². The molecule has 2 heterocycles. The third-order valence-electron chi connectivity index (χ3n) is 6.36. The Kier molecular flexibility index (Phi) is 9.65. The van der Waals surface area contributed by atoms with Gasteiger partial charge in [0.1, 0.15) is 16.6 Å². The smallest absolute Gasteiger partial charge is 0.262 e. The fourth-order valence-corrected chi connectivity index (χ4v) is 7.07. The van der Waals surface area contributed by atoms with E-state index in [-0.39, 0.29) is 36.5 Å². The van der Waals surface area contributed by atoms with Crippen LogP contribution in [0.25, 0.3) is 16.3 Å². The maximum Gasteiger partial charge on any atom is 0.262 e. The van der Waals surface area contributed by atoms with Crippen molar-refractivity contribution in [2.75, 3.05) is 34.4 Å². The SMILES string of the molecule is CCN1/C(=C\C=C\c2sc3ccc(Cl)cc3[n+]2CCCS(=O)(=O)[O-])N(CCCS(=O)(=O)[O-])c2cc(C#N)c(Cl)cc21. The van der Waals surface area contributed by atoms with Crippen LogP contribution in [0.5, 0.6) is 0 Å². The Morgan fingerprint density at radius 2 is 1.71 bits per heavy atom. The first-order chi connectivity index (χ1) is 19.3. The van der Waals surface area contributed by atoms with E-state index in [4.69, 9.17) is 23.2 Å². The van der Waals surface area contributed by atoms with Gasteiger partial charge >= 0.3 is 0 Å². The second kappa shape index (κ2) is 12.7. The van der Waals surface area contributed by atoms with Crippen molar-refractivity contribution in [2.24, 2.45) is 0 Å². The van der Waals surface area contributed by atoms with Crippen molar-refractivity contribution < 1.29 is 30.5 Å². The molecule has 0 unspecified atom stereocenters. The van der Waals surface area contributed by atoms with Crippen molar-refractivity contribution in [1.29, 1.82) is 5.26 Å². The second-order valence-corrected chi connectivity index (χ2v) is 14.1. The number of rotatable bonds is 11. The molecule has 10 nitrogen and oxygen atoms in total. The molecule has 0 N–H and O–H groups in total. The molecule has 2 aromatic carbocycles. The highest BCUT2D eigenvalue weighted by Gasteiger charge is 2.31. The van der Waals surface area contributed by atoms with Crippen molar-refractivity contribution in [1.82, 2.24) is 0 Å². The predicted molar refractivity (Wildman–Crippen MR) is 159 cm³/mol. The standard InChI is InChI=1S/C26H26Cl2N4O6S3/c1-2-30-22-16-20(28)18(17-29)14-21(22)31(10-4-12-40(33,34)35)25(30)6-3-7-26-32(11-5-13-41(36,37)38)23-15-19(27)8-9-24(23)39-26/h3,6-9,14-16H,2,4-5,10-13H2,1H3,(H-,33,34,35,36,37,38)/p-1.